The van der Waals surface area contributed by atoms with Crippen LogP contribution in [0.4, 0.5) is 5.13 Å². The molecule has 4 heterocycles. The van der Waals surface area contributed by atoms with Gasteiger partial charge >= 0.3 is 5.91 Å². The van der Waals surface area contributed by atoms with E-state index in [1.54, 1.807) is 0 Å². The second kappa shape index (κ2) is 5.87. The molecular weight excluding hydrogens is 346 g/mol. The molecule has 2 N–H and O–H groups in total. The van der Waals surface area contributed by atoms with Gasteiger partial charge in [-0.15, -0.1) is 10.2 Å². The fourth-order valence-electron chi connectivity index (χ4n) is 2.57. The van der Waals surface area contributed by atoms with Crippen molar-refractivity contribution in [3.05, 3.63) is 53.6 Å². The van der Waals surface area contributed by atoms with Crippen LogP contribution in [0.5, 0.6) is 0 Å². The molecule has 1 aliphatic rings. The van der Waals surface area contributed by atoms with Crippen molar-refractivity contribution in [2.24, 2.45) is 0 Å². The largest absolute Gasteiger partial charge is 0.505 e. The average molecular weight is 355 g/mol. The number of carbonyl (C=O) groups excluding carboxylic acids is 2. The molecule has 11 heteroatoms. The number of nitrogens with zero attached hydrogens (tertiary/aromatic N) is 6. The predicted octanol–water partition coefficient (Wildman–Crippen LogP) is 0.677. The topological polar surface area (TPSA) is 138 Å². The first-order chi connectivity index (χ1) is 12.2. The van der Waals surface area contributed by atoms with Gasteiger partial charge < -0.3 is 10.1 Å². The van der Waals surface area contributed by atoms with Crippen molar-refractivity contribution in [1.82, 2.24) is 30.1 Å². The maximum Gasteiger partial charge on any atom is 0.302 e. The molecule has 1 fully saturated rings. The Kier molecular flexibility index (Phi) is 3.54. The van der Waals surface area contributed by atoms with Crippen LogP contribution >= 0.6 is 11.3 Å². The first-order valence-corrected chi connectivity index (χ1v) is 7.88. The number of aromatic nitrogens is 6. The first kappa shape index (κ1) is 15.1. The number of hydrogen-bond donors (Lipinski definition) is 2. The normalized spacial score (nSPS) is 19.5. The Hall–Kier alpha value is -3.47. The van der Waals surface area contributed by atoms with Crippen LogP contribution in [0.3, 0.4) is 0 Å². The van der Waals surface area contributed by atoms with E-state index < -0.39 is 23.5 Å². The monoisotopic (exact) mass is 355 g/mol. The quantitative estimate of drug-likeness (QED) is 0.397. The van der Waals surface area contributed by atoms with Crippen molar-refractivity contribution < 1.29 is 14.7 Å². The number of hydrogen-bond acceptors (Lipinski definition) is 9. The summed E-state index contributed by atoms with van der Waals surface area (Å²) in [5.41, 5.74) is 1.86. The Morgan fingerprint density at radius 2 is 2.12 bits per heavy atom. The van der Waals surface area contributed by atoms with E-state index in [9.17, 15) is 14.7 Å². The molecule has 1 amide bonds. The number of amides is 1. The number of nitrogens with one attached hydrogen (secondary N) is 1. The zero-order valence-electron chi connectivity index (χ0n) is 12.4. The van der Waals surface area contributed by atoms with Gasteiger partial charge in [-0.2, -0.15) is 0 Å². The minimum absolute atomic E-state index is 0.0854. The molecule has 0 aliphatic carbocycles. The highest BCUT2D eigenvalue weighted by atomic mass is 32.1. The fraction of sp³-hybridized carbons (Fsp3) is 0.0714. The van der Waals surface area contributed by atoms with Crippen LogP contribution in [0.1, 0.15) is 17.4 Å². The molecule has 0 aromatic carbocycles. The second-order valence-corrected chi connectivity index (χ2v) is 5.80. The van der Waals surface area contributed by atoms with Gasteiger partial charge in [-0.25, -0.2) is 9.97 Å². The lowest BCUT2D eigenvalue weighted by Crippen LogP contribution is -2.29. The highest BCUT2D eigenvalue weighted by Crippen LogP contribution is 2.41. The van der Waals surface area contributed by atoms with Crippen molar-refractivity contribution in [2.75, 3.05) is 4.90 Å². The van der Waals surface area contributed by atoms with Gasteiger partial charge in [0.15, 0.2) is 5.76 Å². The molecule has 10 nitrogen and oxygen atoms in total. The number of aliphatic hydroxyl groups excluding tert-OH is 1. The van der Waals surface area contributed by atoms with Crippen LogP contribution in [0.25, 0.3) is 5.76 Å². The number of anilines is 1. The first-order valence-electron chi connectivity index (χ1n) is 7.00. The third kappa shape index (κ3) is 2.37. The van der Waals surface area contributed by atoms with Crippen molar-refractivity contribution in [3.63, 3.8) is 0 Å². The molecule has 3 aromatic heterocycles. The van der Waals surface area contributed by atoms with E-state index in [1.165, 1.54) is 41.5 Å². The molecule has 124 valence electrons. The van der Waals surface area contributed by atoms with Gasteiger partial charge in [0.05, 0.1) is 30.0 Å². The summed E-state index contributed by atoms with van der Waals surface area (Å²) >= 11 is 1.10. The molecule has 0 bridgehead atoms. The second-order valence-electron chi connectivity index (χ2n) is 4.99. The Morgan fingerprint density at radius 1 is 1.24 bits per heavy atom. The molecule has 1 aliphatic heterocycles. The summed E-state index contributed by atoms with van der Waals surface area (Å²) in [5, 5.41) is 18.4. The number of ketones is 1. The summed E-state index contributed by atoms with van der Waals surface area (Å²) in [4.78, 5) is 41.0. The lowest BCUT2D eigenvalue weighted by atomic mass is 10.0. The van der Waals surface area contributed by atoms with Crippen LogP contribution in [-0.2, 0) is 9.59 Å². The number of Topliss-reactive ketones (excluding diaryl/α,β-unsaturated/α-hetero) is 1. The standard InChI is InChI=1S/C14H9N7O3S/c22-11(8-4-15-1-2-17-8)9-10(7-3-16-5-18-7)21(13(24)12(9)23)14-20-19-6-25-14/h1-6,10,22H,(H,16,18)/b11-9+. The zero-order chi connectivity index (χ0) is 17.4. The van der Waals surface area contributed by atoms with E-state index in [4.69, 9.17) is 0 Å². The SMILES string of the molecule is O=C1C(=O)N(c2nncs2)C(c2cnc[nH]2)/C1=C(\O)c1cnccn1. The zero-order valence-corrected chi connectivity index (χ0v) is 13.2. The van der Waals surface area contributed by atoms with Crippen LogP contribution in [0, 0.1) is 0 Å². The van der Waals surface area contributed by atoms with Crippen LogP contribution < -0.4 is 4.90 Å². The lowest BCUT2D eigenvalue weighted by molar-refractivity contribution is -0.132. The Bertz CT molecular complexity index is 954. The Labute approximate surface area is 143 Å². The summed E-state index contributed by atoms with van der Waals surface area (Å²) in [6.07, 6.45) is 6.99. The van der Waals surface area contributed by atoms with E-state index in [-0.39, 0.29) is 16.4 Å². The van der Waals surface area contributed by atoms with Gasteiger partial charge in [0.25, 0.3) is 5.78 Å². The minimum atomic E-state index is -0.919. The summed E-state index contributed by atoms with van der Waals surface area (Å²) in [6, 6.07) is -0.919. The van der Waals surface area contributed by atoms with Gasteiger partial charge in [0.1, 0.15) is 17.2 Å². The van der Waals surface area contributed by atoms with Crippen LogP contribution in [-0.4, -0.2) is 46.9 Å². The summed E-state index contributed by atoms with van der Waals surface area (Å²) < 4.78 is 0. The van der Waals surface area contributed by atoms with Gasteiger partial charge in [0, 0.05) is 12.4 Å². The number of H-pyrrole nitrogens is 1. The molecule has 0 spiro atoms. The highest BCUT2D eigenvalue weighted by molar-refractivity contribution is 7.13. The van der Waals surface area contributed by atoms with E-state index in [1.807, 2.05) is 0 Å². The van der Waals surface area contributed by atoms with Crippen LogP contribution in [0.2, 0.25) is 0 Å². The smallest absolute Gasteiger partial charge is 0.302 e. The Balaban J connectivity index is 1.93. The van der Waals surface area contributed by atoms with E-state index >= 15 is 0 Å². The van der Waals surface area contributed by atoms with Crippen LogP contribution in [0.15, 0.2) is 42.2 Å². The molecule has 0 radical (unpaired) electrons. The molecule has 3 aromatic rings. The average Bonchev–Trinajstić information content (AvgIpc) is 3.37. The van der Waals surface area contributed by atoms with Crippen molar-refractivity contribution in [1.29, 1.82) is 0 Å². The van der Waals surface area contributed by atoms with Gasteiger partial charge in [0.2, 0.25) is 5.13 Å². The summed E-state index contributed by atoms with van der Waals surface area (Å²) in [6.45, 7) is 0. The van der Waals surface area contributed by atoms with Gasteiger partial charge in [-0.1, -0.05) is 11.3 Å². The molecule has 25 heavy (non-hydrogen) atoms. The lowest BCUT2D eigenvalue weighted by Gasteiger charge is -2.20. The van der Waals surface area contributed by atoms with Crippen molar-refractivity contribution >= 4 is 33.9 Å². The number of aromatic amines is 1. The maximum atomic E-state index is 12.6. The van der Waals surface area contributed by atoms with E-state index in [0.717, 1.165) is 11.3 Å². The molecule has 0 saturated carbocycles. The highest BCUT2D eigenvalue weighted by Gasteiger charge is 2.49. The number of imidazole rings is 1. The van der Waals surface area contributed by atoms with Gasteiger partial charge in [-0.3, -0.25) is 19.5 Å². The Morgan fingerprint density at radius 3 is 2.76 bits per heavy atom. The van der Waals surface area contributed by atoms with Crippen molar-refractivity contribution in [2.45, 2.75) is 6.04 Å². The summed E-state index contributed by atoms with van der Waals surface area (Å²) in [7, 11) is 0. The molecule has 1 atom stereocenters. The van der Waals surface area contributed by atoms with Crippen molar-refractivity contribution in [3.8, 4) is 0 Å². The minimum Gasteiger partial charge on any atom is -0.505 e. The summed E-state index contributed by atoms with van der Waals surface area (Å²) in [5.74, 6) is -2.09. The predicted molar refractivity (Wildman–Crippen MR) is 85.3 cm³/mol. The number of aliphatic hydroxyl groups is 1. The van der Waals surface area contributed by atoms with Gasteiger partial charge in [-0.05, 0) is 0 Å². The maximum absolute atomic E-state index is 12.6. The number of carbonyl (C=O) groups is 2. The molecular formula is C14H9N7O3S. The third-order valence-electron chi connectivity index (χ3n) is 3.62. The number of rotatable bonds is 3. The molecule has 4 rings (SSSR count). The molecule has 1 saturated heterocycles. The fourth-order valence-corrected chi connectivity index (χ4v) is 3.16. The van der Waals surface area contributed by atoms with E-state index in [2.05, 4.69) is 30.1 Å². The third-order valence-corrected chi connectivity index (χ3v) is 4.31. The van der Waals surface area contributed by atoms with E-state index in [0.29, 0.717) is 5.69 Å². The molecule has 1 unspecified atom stereocenters.